The van der Waals surface area contributed by atoms with E-state index >= 15 is 0 Å². The molecule has 0 amide bonds. The van der Waals surface area contributed by atoms with Crippen molar-refractivity contribution in [3.63, 3.8) is 0 Å². The number of rotatable bonds is 7. The van der Waals surface area contributed by atoms with Crippen molar-refractivity contribution in [2.45, 2.75) is 50.3 Å². The van der Waals surface area contributed by atoms with Crippen LogP contribution in [0.4, 0.5) is 0 Å². The molecule has 1 N–H and O–H groups in total. The molecule has 2 atom stereocenters. The molecule has 0 fully saturated rings. The second-order valence-electron chi connectivity index (χ2n) is 9.62. The summed E-state index contributed by atoms with van der Waals surface area (Å²) in [6.45, 7) is 7.16. The average molecular weight is 495 g/mol. The summed E-state index contributed by atoms with van der Waals surface area (Å²) in [5.41, 5.74) is 2.14. The van der Waals surface area contributed by atoms with E-state index in [-0.39, 0.29) is 10.6 Å². The van der Waals surface area contributed by atoms with Gasteiger partial charge in [-0.25, -0.2) is 4.79 Å². The van der Waals surface area contributed by atoms with Gasteiger partial charge in [-0.2, -0.15) is 8.42 Å². The molecule has 0 aliphatic rings. The van der Waals surface area contributed by atoms with Gasteiger partial charge in [0.1, 0.15) is 6.10 Å². The summed E-state index contributed by atoms with van der Waals surface area (Å²) in [5.74, 6) is 0. The topological polar surface area (TPSA) is 90.5 Å². The monoisotopic (exact) mass is 494 g/mol. The summed E-state index contributed by atoms with van der Waals surface area (Å²) < 4.78 is 34.0. The van der Waals surface area contributed by atoms with E-state index in [0.29, 0.717) is 11.1 Å². The Hall–Kier alpha value is -3.20. The Morgan fingerprint density at radius 3 is 2.06 bits per heavy atom. The van der Waals surface area contributed by atoms with E-state index in [9.17, 15) is 18.3 Å². The zero-order valence-corrected chi connectivity index (χ0v) is 21.1. The van der Waals surface area contributed by atoms with Crippen molar-refractivity contribution in [3.05, 3.63) is 100 Å². The second-order valence-corrected chi connectivity index (χ2v) is 11.2. The Kier molecular flexibility index (Phi) is 6.73. The van der Waals surface area contributed by atoms with Crippen LogP contribution >= 0.6 is 0 Å². The van der Waals surface area contributed by atoms with Gasteiger partial charge in [0, 0.05) is 5.54 Å². The number of hydrogen-bond donors (Lipinski definition) is 1. The molecule has 7 nitrogen and oxygen atoms in total. The normalized spacial score (nSPS) is 14.2. The van der Waals surface area contributed by atoms with Gasteiger partial charge in [0.15, 0.2) is 0 Å². The molecule has 35 heavy (non-hydrogen) atoms. The Morgan fingerprint density at radius 1 is 0.886 bits per heavy atom. The number of aliphatic hydroxyl groups excluding tert-OH is 1. The van der Waals surface area contributed by atoms with Crippen molar-refractivity contribution in [1.29, 1.82) is 0 Å². The van der Waals surface area contributed by atoms with Crippen LogP contribution in [0.15, 0.2) is 88.6 Å². The fourth-order valence-electron chi connectivity index (χ4n) is 4.30. The Balaban J connectivity index is 1.79. The van der Waals surface area contributed by atoms with E-state index in [0.717, 1.165) is 11.1 Å². The molecule has 0 saturated heterocycles. The number of hydrogen-bond acceptors (Lipinski definition) is 5. The highest BCUT2D eigenvalue weighted by atomic mass is 32.2. The molecule has 0 spiro atoms. The van der Waals surface area contributed by atoms with Gasteiger partial charge in [-0.05, 0) is 57.5 Å². The minimum atomic E-state index is -4.09. The van der Waals surface area contributed by atoms with E-state index in [2.05, 4.69) is 0 Å². The molecule has 1 aromatic heterocycles. The van der Waals surface area contributed by atoms with Crippen LogP contribution in [0.3, 0.4) is 0 Å². The van der Waals surface area contributed by atoms with E-state index < -0.39 is 34.4 Å². The van der Waals surface area contributed by atoms with Crippen molar-refractivity contribution >= 4 is 21.2 Å². The zero-order valence-electron chi connectivity index (χ0n) is 20.3. The highest BCUT2D eigenvalue weighted by Gasteiger charge is 2.32. The minimum absolute atomic E-state index is 0.00747. The van der Waals surface area contributed by atoms with Crippen LogP contribution in [0.25, 0.3) is 11.0 Å². The molecule has 0 unspecified atom stereocenters. The third kappa shape index (κ3) is 4.96. The van der Waals surface area contributed by atoms with Gasteiger partial charge >= 0.3 is 5.69 Å². The van der Waals surface area contributed by atoms with Crippen molar-refractivity contribution < 1.29 is 17.7 Å². The summed E-state index contributed by atoms with van der Waals surface area (Å²) in [7, 11) is -4.09. The highest BCUT2D eigenvalue weighted by molar-refractivity contribution is 7.86. The van der Waals surface area contributed by atoms with Crippen LogP contribution in [0.1, 0.15) is 37.9 Å². The quantitative estimate of drug-likeness (QED) is 0.389. The van der Waals surface area contributed by atoms with Crippen molar-refractivity contribution in [2.24, 2.45) is 0 Å². The summed E-state index contributed by atoms with van der Waals surface area (Å²) >= 11 is 0. The molecular formula is C27H30N2O5S. The summed E-state index contributed by atoms with van der Waals surface area (Å²) in [6, 6.07) is 21.9. The molecule has 4 rings (SSSR count). The third-order valence-electron chi connectivity index (χ3n) is 5.94. The molecule has 0 bridgehead atoms. The first-order chi connectivity index (χ1) is 16.5. The van der Waals surface area contributed by atoms with Gasteiger partial charge < -0.3 is 5.11 Å². The largest absolute Gasteiger partial charge is 0.388 e. The van der Waals surface area contributed by atoms with Crippen molar-refractivity contribution in [3.8, 4) is 0 Å². The lowest BCUT2D eigenvalue weighted by atomic mass is 10.0. The van der Waals surface area contributed by atoms with Crippen LogP contribution < -0.4 is 5.69 Å². The summed E-state index contributed by atoms with van der Waals surface area (Å²) in [4.78, 5) is 13.8. The number of imidazole rings is 1. The van der Waals surface area contributed by atoms with Gasteiger partial charge in [-0.1, -0.05) is 60.2 Å². The molecule has 0 aliphatic carbocycles. The Morgan fingerprint density at radius 2 is 1.46 bits per heavy atom. The second kappa shape index (κ2) is 9.45. The van der Waals surface area contributed by atoms with Gasteiger partial charge in [0.25, 0.3) is 10.1 Å². The molecule has 4 aromatic rings. The van der Waals surface area contributed by atoms with E-state index in [1.807, 2.05) is 70.2 Å². The average Bonchev–Trinajstić information content (AvgIpc) is 3.11. The molecule has 3 aromatic carbocycles. The zero-order chi connectivity index (χ0) is 25.4. The van der Waals surface area contributed by atoms with E-state index in [1.165, 1.54) is 16.7 Å². The lowest BCUT2D eigenvalue weighted by molar-refractivity contribution is 0.0768. The first-order valence-corrected chi connectivity index (χ1v) is 12.8. The predicted octanol–water partition coefficient (Wildman–Crippen LogP) is 4.22. The van der Waals surface area contributed by atoms with Crippen LogP contribution in [-0.4, -0.2) is 35.4 Å². The summed E-state index contributed by atoms with van der Waals surface area (Å²) in [6.07, 6.45) is -1.32. The fraction of sp³-hybridized carbons (Fsp3) is 0.296. The van der Waals surface area contributed by atoms with Crippen LogP contribution in [-0.2, 0) is 19.8 Å². The van der Waals surface area contributed by atoms with Gasteiger partial charge in [-0.15, -0.1) is 0 Å². The molecular weight excluding hydrogens is 464 g/mol. The fourth-order valence-corrected chi connectivity index (χ4v) is 5.23. The maximum Gasteiger partial charge on any atom is 0.330 e. The highest BCUT2D eigenvalue weighted by Crippen LogP contribution is 2.29. The first kappa shape index (κ1) is 24.9. The lowest BCUT2D eigenvalue weighted by Gasteiger charge is -2.25. The molecule has 0 saturated carbocycles. The van der Waals surface area contributed by atoms with Crippen LogP contribution in [0.2, 0.25) is 0 Å². The Labute approximate surface area is 205 Å². The van der Waals surface area contributed by atoms with E-state index in [4.69, 9.17) is 4.18 Å². The maximum absolute atomic E-state index is 13.8. The number of aromatic nitrogens is 2. The van der Waals surface area contributed by atoms with Crippen molar-refractivity contribution in [2.75, 3.05) is 6.61 Å². The predicted molar refractivity (Wildman–Crippen MR) is 136 cm³/mol. The number of fused-ring (bicyclic) bond motifs is 1. The first-order valence-electron chi connectivity index (χ1n) is 11.4. The number of aliphatic hydroxyl groups is 1. The number of benzene rings is 3. The molecule has 0 aliphatic heterocycles. The lowest BCUT2D eigenvalue weighted by Crippen LogP contribution is -2.40. The molecule has 1 heterocycles. The molecule has 8 heteroatoms. The number of aryl methyl sites for hydroxylation is 1. The van der Waals surface area contributed by atoms with E-state index in [1.54, 1.807) is 28.8 Å². The van der Waals surface area contributed by atoms with Gasteiger partial charge in [0.05, 0.1) is 28.6 Å². The smallest absolute Gasteiger partial charge is 0.330 e. The maximum atomic E-state index is 13.8. The molecule has 184 valence electrons. The third-order valence-corrected chi connectivity index (χ3v) is 7.23. The number of para-hydroxylation sites is 2. The summed E-state index contributed by atoms with van der Waals surface area (Å²) in [5, 5.41) is 11.3. The standard InChI is InChI=1S/C27H30N2O5S/c1-19-14-16-21(17-15-19)35(32,33)34-18-24(30)25(20-10-6-5-7-11-20)28-22-12-8-9-13-23(22)29(26(28)31)27(2,3)4/h5-17,24-25,30H,18H2,1-4H3/t24-,25+/m1/s1. The molecule has 0 radical (unpaired) electrons. The minimum Gasteiger partial charge on any atom is -0.388 e. The van der Waals surface area contributed by atoms with Crippen LogP contribution in [0, 0.1) is 6.92 Å². The Bertz CT molecular complexity index is 1480. The van der Waals surface area contributed by atoms with Gasteiger partial charge in [-0.3, -0.25) is 13.3 Å². The van der Waals surface area contributed by atoms with Crippen LogP contribution in [0.5, 0.6) is 0 Å². The van der Waals surface area contributed by atoms with Crippen molar-refractivity contribution in [1.82, 2.24) is 9.13 Å². The number of nitrogens with zero attached hydrogens (tertiary/aromatic N) is 2. The van der Waals surface area contributed by atoms with Gasteiger partial charge in [0.2, 0.25) is 0 Å². The SMILES string of the molecule is Cc1ccc(S(=O)(=O)OC[C@@H](O)[C@H](c2ccccc2)n2c(=O)n(C(C)(C)C)c3ccccc32)cc1.